The highest BCUT2D eigenvalue weighted by atomic mass is 16.7. The maximum Gasteiger partial charge on any atom is 0.308 e. The van der Waals surface area contributed by atoms with Gasteiger partial charge in [0.05, 0.1) is 26.2 Å². The van der Waals surface area contributed by atoms with Gasteiger partial charge in [-0.05, 0) is 81.0 Å². The summed E-state index contributed by atoms with van der Waals surface area (Å²) >= 11 is 0. The minimum absolute atomic E-state index is 0.0752. The Morgan fingerprint density at radius 1 is 0.857 bits per heavy atom. The molecule has 0 amide bonds. The smallest absolute Gasteiger partial charge is 0.308 e. The molecule has 0 heterocycles. The normalized spacial score (nSPS) is 37.5. The molecule has 0 aromatic heterocycles. The van der Waals surface area contributed by atoms with Gasteiger partial charge in [0.25, 0.3) is 0 Å². The fourth-order valence-electron chi connectivity index (χ4n) is 6.48. The zero-order valence-corrected chi connectivity index (χ0v) is 17.6. The molecule has 0 aliphatic heterocycles. The zero-order valence-electron chi connectivity index (χ0n) is 17.6. The van der Waals surface area contributed by atoms with Crippen LogP contribution in [0.25, 0.3) is 0 Å². The van der Waals surface area contributed by atoms with E-state index in [2.05, 4.69) is 0 Å². The molecule has 0 unspecified atom stereocenters. The lowest BCUT2D eigenvalue weighted by atomic mass is 9.52. The van der Waals surface area contributed by atoms with E-state index in [1.54, 1.807) is 7.11 Å². The molecule has 0 radical (unpaired) electrons. The molecule has 3 rings (SSSR count). The van der Waals surface area contributed by atoms with Crippen LogP contribution in [0.3, 0.4) is 0 Å². The molecule has 3 aliphatic carbocycles. The van der Waals surface area contributed by atoms with Crippen LogP contribution in [0, 0.1) is 35.5 Å². The fraction of sp³-hybridized carbons (Fsp3) is 0.909. The molecule has 0 spiro atoms. The average Bonchev–Trinajstić information content (AvgIpc) is 2.74. The van der Waals surface area contributed by atoms with E-state index < -0.39 is 0 Å². The number of rotatable bonds is 7. The monoisotopic (exact) mass is 396 g/mol. The van der Waals surface area contributed by atoms with E-state index >= 15 is 0 Å². The molecule has 0 aromatic rings. The Balaban J connectivity index is 1.68. The molecule has 3 fully saturated rings. The molecule has 0 aromatic carbocycles. The van der Waals surface area contributed by atoms with Gasteiger partial charge in [-0.3, -0.25) is 9.59 Å². The van der Waals surface area contributed by atoms with Gasteiger partial charge in [0.15, 0.2) is 0 Å². The van der Waals surface area contributed by atoms with Crippen LogP contribution < -0.4 is 0 Å². The van der Waals surface area contributed by atoms with E-state index in [0.29, 0.717) is 37.1 Å². The van der Waals surface area contributed by atoms with Crippen molar-refractivity contribution in [3.05, 3.63) is 0 Å². The van der Waals surface area contributed by atoms with E-state index in [9.17, 15) is 9.59 Å². The van der Waals surface area contributed by atoms with Crippen molar-refractivity contribution in [1.82, 2.24) is 0 Å². The number of ether oxygens (including phenoxy) is 4. The first-order chi connectivity index (χ1) is 13.6. The highest BCUT2D eigenvalue weighted by Crippen LogP contribution is 2.55. The Morgan fingerprint density at radius 2 is 1.61 bits per heavy atom. The summed E-state index contributed by atoms with van der Waals surface area (Å²) in [6, 6.07) is 0. The minimum Gasteiger partial charge on any atom is -0.469 e. The first-order valence-corrected chi connectivity index (χ1v) is 10.8. The van der Waals surface area contributed by atoms with Gasteiger partial charge in [0, 0.05) is 13.5 Å². The molecule has 0 N–H and O–H groups in total. The number of hydrogen-bond acceptors (Lipinski definition) is 6. The Bertz CT molecular complexity index is 535. The van der Waals surface area contributed by atoms with Crippen LogP contribution in [0.2, 0.25) is 0 Å². The lowest BCUT2D eigenvalue weighted by molar-refractivity contribution is -0.156. The van der Waals surface area contributed by atoms with Gasteiger partial charge in [0.1, 0.15) is 6.79 Å². The number of carbonyl (C=O) groups excluding carboxylic acids is 2. The molecule has 0 saturated heterocycles. The largest absolute Gasteiger partial charge is 0.469 e. The van der Waals surface area contributed by atoms with E-state index in [-0.39, 0.29) is 23.8 Å². The quantitative estimate of drug-likeness (QED) is 0.484. The minimum atomic E-state index is -0.185. The molecule has 6 heteroatoms. The summed E-state index contributed by atoms with van der Waals surface area (Å²) in [6.07, 6.45) is 9.18. The number of esters is 2. The van der Waals surface area contributed by atoms with Gasteiger partial charge in [0.2, 0.25) is 0 Å². The summed E-state index contributed by atoms with van der Waals surface area (Å²) < 4.78 is 20.9. The van der Waals surface area contributed by atoms with Gasteiger partial charge in [-0.1, -0.05) is 0 Å². The van der Waals surface area contributed by atoms with Crippen LogP contribution in [-0.2, 0) is 28.5 Å². The number of hydrogen-bond donors (Lipinski definition) is 0. The van der Waals surface area contributed by atoms with Gasteiger partial charge in [-0.25, -0.2) is 0 Å². The maximum atomic E-state index is 12.4. The van der Waals surface area contributed by atoms with Gasteiger partial charge in [-0.2, -0.15) is 0 Å². The van der Waals surface area contributed by atoms with Crippen molar-refractivity contribution in [3.63, 3.8) is 0 Å². The third-order valence-electron chi connectivity index (χ3n) is 7.68. The average molecular weight is 397 g/mol. The first-order valence-electron chi connectivity index (χ1n) is 10.8. The molecule has 0 bridgehead atoms. The van der Waals surface area contributed by atoms with Crippen LogP contribution >= 0.6 is 0 Å². The summed E-state index contributed by atoms with van der Waals surface area (Å²) in [4.78, 5) is 24.2. The molecular weight excluding hydrogens is 360 g/mol. The predicted octanol–water partition coefficient (Wildman–Crippen LogP) is 3.57. The van der Waals surface area contributed by atoms with Gasteiger partial charge >= 0.3 is 11.9 Å². The second-order valence-electron chi connectivity index (χ2n) is 8.82. The number of fused-ring (bicyclic) bond motifs is 3. The third-order valence-corrected chi connectivity index (χ3v) is 7.68. The van der Waals surface area contributed by atoms with Gasteiger partial charge in [-0.15, -0.1) is 0 Å². The molecule has 6 nitrogen and oxygen atoms in total. The third kappa shape index (κ3) is 4.70. The van der Waals surface area contributed by atoms with Gasteiger partial charge < -0.3 is 18.9 Å². The molecule has 3 aliphatic rings. The lowest BCUT2D eigenvalue weighted by Crippen LogP contribution is -2.48. The molecule has 160 valence electrons. The van der Waals surface area contributed by atoms with E-state index in [1.807, 2.05) is 0 Å². The molecule has 7 atom stereocenters. The van der Waals surface area contributed by atoms with Crippen LogP contribution in [-0.4, -0.2) is 46.2 Å². The Hall–Kier alpha value is -1.14. The van der Waals surface area contributed by atoms with Crippen LogP contribution in [0.5, 0.6) is 0 Å². The fourth-order valence-corrected chi connectivity index (χ4v) is 6.48. The highest BCUT2D eigenvalue weighted by Gasteiger charge is 2.50. The Morgan fingerprint density at radius 3 is 2.32 bits per heavy atom. The second-order valence-corrected chi connectivity index (χ2v) is 8.82. The Kier molecular flexibility index (Phi) is 7.75. The molecular formula is C22H36O6. The predicted molar refractivity (Wildman–Crippen MR) is 103 cm³/mol. The van der Waals surface area contributed by atoms with Crippen molar-refractivity contribution >= 4 is 11.9 Å². The summed E-state index contributed by atoms with van der Waals surface area (Å²) in [7, 11) is 4.58. The van der Waals surface area contributed by atoms with Crippen molar-refractivity contribution in [2.24, 2.45) is 35.5 Å². The van der Waals surface area contributed by atoms with Crippen molar-refractivity contribution in [1.29, 1.82) is 0 Å². The first kappa shape index (κ1) is 21.6. The van der Waals surface area contributed by atoms with E-state index in [4.69, 9.17) is 18.9 Å². The lowest BCUT2D eigenvalue weighted by Gasteiger charge is -2.53. The Labute approximate surface area is 168 Å². The van der Waals surface area contributed by atoms with Crippen molar-refractivity contribution in [2.45, 2.75) is 63.9 Å². The van der Waals surface area contributed by atoms with Crippen LogP contribution in [0.4, 0.5) is 0 Å². The summed E-state index contributed by atoms with van der Waals surface area (Å²) in [6.45, 7) is 0.379. The van der Waals surface area contributed by atoms with Crippen molar-refractivity contribution < 1.29 is 28.5 Å². The van der Waals surface area contributed by atoms with Crippen LogP contribution in [0.1, 0.15) is 57.8 Å². The molecule has 3 saturated carbocycles. The highest BCUT2D eigenvalue weighted by molar-refractivity contribution is 5.73. The second kappa shape index (κ2) is 10.1. The zero-order chi connectivity index (χ0) is 20.1. The summed E-state index contributed by atoms with van der Waals surface area (Å²) in [5.74, 6) is 2.48. The van der Waals surface area contributed by atoms with Crippen molar-refractivity contribution in [2.75, 3.05) is 28.1 Å². The topological polar surface area (TPSA) is 71.1 Å². The number of carbonyl (C=O) groups is 2. The van der Waals surface area contributed by atoms with Crippen molar-refractivity contribution in [3.8, 4) is 0 Å². The maximum absolute atomic E-state index is 12.4. The molecule has 28 heavy (non-hydrogen) atoms. The van der Waals surface area contributed by atoms with E-state index in [1.165, 1.54) is 27.1 Å². The van der Waals surface area contributed by atoms with Crippen LogP contribution in [0.15, 0.2) is 0 Å². The van der Waals surface area contributed by atoms with E-state index in [0.717, 1.165) is 44.4 Å². The SMILES string of the molecule is COCO[C@H]1CC[C@H]2[C@H](CC[C@@H]3[C@@H]2CC[C@@H](C(=O)OC)[C@H]3CCC(=O)OC)C1. The number of methoxy groups -OCH3 is 3. The standard InChI is InChI=1S/C22H36O6/c1-25-13-28-15-5-7-16-14(12-15)4-6-18-17(16)8-9-20(22(24)27-3)19(18)10-11-21(23)26-2/h14-20H,4-13H2,1-3H3/t14-,15+,16+,17-,18-,19+,20-/m1/s1. The summed E-state index contributed by atoms with van der Waals surface area (Å²) in [5.41, 5.74) is 0. The summed E-state index contributed by atoms with van der Waals surface area (Å²) in [5, 5.41) is 0.